The Labute approximate surface area is 130 Å². The van der Waals surface area contributed by atoms with E-state index in [0.717, 1.165) is 37.7 Å². The third-order valence-corrected chi connectivity index (χ3v) is 4.03. The molecule has 0 aromatic heterocycles. The van der Waals surface area contributed by atoms with Crippen LogP contribution in [0, 0.1) is 18.3 Å². The lowest BCUT2D eigenvalue weighted by atomic mass is 9.83. The van der Waals surface area contributed by atoms with E-state index in [0.29, 0.717) is 10.8 Å². The first-order chi connectivity index (χ1) is 10.0. The summed E-state index contributed by atoms with van der Waals surface area (Å²) in [4.78, 5) is 12.0. The monoisotopic (exact) mass is 306 g/mol. The molecular formula is C16H19ClN2O2. The maximum absolute atomic E-state index is 12.0. The van der Waals surface area contributed by atoms with Crippen LogP contribution in [0.1, 0.15) is 37.7 Å². The molecule has 1 aliphatic carbocycles. The van der Waals surface area contributed by atoms with E-state index in [-0.39, 0.29) is 12.5 Å². The van der Waals surface area contributed by atoms with E-state index < -0.39 is 5.54 Å². The van der Waals surface area contributed by atoms with Gasteiger partial charge in [-0.1, -0.05) is 30.9 Å². The molecule has 0 saturated heterocycles. The zero-order chi connectivity index (χ0) is 15.3. The summed E-state index contributed by atoms with van der Waals surface area (Å²) in [6.07, 6.45) is 4.51. The quantitative estimate of drug-likeness (QED) is 0.927. The highest BCUT2D eigenvalue weighted by atomic mass is 35.5. The SMILES string of the molecule is Cc1cc(Cl)ccc1OCC(=O)NC1(C#N)CCCCC1. The summed E-state index contributed by atoms with van der Waals surface area (Å²) in [5.74, 6) is 0.372. The maximum Gasteiger partial charge on any atom is 0.259 e. The second-order valence-electron chi connectivity index (χ2n) is 5.50. The van der Waals surface area contributed by atoms with E-state index in [4.69, 9.17) is 16.3 Å². The fourth-order valence-corrected chi connectivity index (χ4v) is 2.87. The first-order valence-electron chi connectivity index (χ1n) is 7.16. The molecule has 4 nitrogen and oxygen atoms in total. The predicted molar refractivity (Wildman–Crippen MR) is 81.3 cm³/mol. The van der Waals surface area contributed by atoms with Crippen molar-refractivity contribution in [2.24, 2.45) is 0 Å². The molecule has 0 radical (unpaired) electrons. The van der Waals surface area contributed by atoms with Gasteiger partial charge < -0.3 is 10.1 Å². The van der Waals surface area contributed by atoms with Crippen LogP contribution in [0.3, 0.4) is 0 Å². The highest BCUT2D eigenvalue weighted by Crippen LogP contribution is 2.27. The highest BCUT2D eigenvalue weighted by molar-refractivity contribution is 6.30. The predicted octanol–water partition coefficient (Wildman–Crippen LogP) is 3.37. The van der Waals surface area contributed by atoms with Gasteiger partial charge in [0.25, 0.3) is 5.91 Å². The Morgan fingerprint density at radius 2 is 2.14 bits per heavy atom. The molecule has 5 heteroatoms. The van der Waals surface area contributed by atoms with Crippen molar-refractivity contribution >= 4 is 17.5 Å². The van der Waals surface area contributed by atoms with Gasteiger partial charge in [-0.3, -0.25) is 4.79 Å². The molecule has 1 saturated carbocycles. The summed E-state index contributed by atoms with van der Waals surface area (Å²) in [6, 6.07) is 7.51. The molecule has 2 rings (SSSR count). The van der Waals surface area contributed by atoms with Gasteiger partial charge in [0.05, 0.1) is 6.07 Å². The van der Waals surface area contributed by atoms with Gasteiger partial charge in [0.2, 0.25) is 0 Å². The zero-order valence-corrected chi connectivity index (χ0v) is 12.9. The van der Waals surface area contributed by atoms with Crippen molar-refractivity contribution in [2.45, 2.75) is 44.6 Å². The Morgan fingerprint density at radius 3 is 2.76 bits per heavy atom. The van der Waals surface area contributed by atoms with Gasteiger partial charge >= 0.3 is 0 Å². The first-order valence-corrected chi connectivity index (χ1v) is 7.54. The second-order valence-corrected chi connectivity index (χ2v) is 5.94. The molecule has 0 spiro atoms. The van der Waals surface area contributed by atoms with Crippen LogP contribution >= 0.6 is 11.6 Å². The molecule has 1 amide bonds. The number of nitriles is 1. The maximum atomic E-state index is 12.0. The van der Waals surface area contributed by atoms with Crippen molar-refractivity contribution < 1.29 is 9.53 Å². The lowest BCUT2D eigenvalue weighted by molar-refractivity contribution is -0.124. The fraction of sp³-hybridized carbons (Fsp3) is 0.500. The van der Waals surface area contributed by atoms with E-state index >= 15 is 0 Å². The molecule has 1 N–H and O–H groups in total. The van der Waals surface area contributed by atoms with Crippen LogP contribution in [-0.4, -0.2) is 18.1 Å². The fourth-order valence-electron chi connectivity index (χ4n) is 2.64. The minimum absolute atomic E-state index is 0.0914. The number of rotatable bonds is 4. The molecule has 0 aliphatic heterocycles. The van der Waals surface area contributed by atoms with E-state index in [2.05, 4.69) is 11.4 Å². The third-order valence-electron chi connectivity index (χ3n) is 3.80. The Bertz CT molecular complexity index is 560. The molecule has 21 heavy (non-hydrogen) atoms. The molecule has 1 aliphatic rings. The topological polar surface area (TPSA) is 62.1 Å². The van der Waals surface area contributed by atoms with Gasteiger partial charge in [0.15, 0.2) is 6.61 Å². The van der Waals surface area contributed by atoms with Crippen molar-refractivity contribution in [1.82, 2.24) is 5.32 Å². The number of carbonyl (C=O) groups is 1. The number of halogens is 1. The molecule has 1 aromatic rings. The Balaban J connectivity index is 1.91. The van der Waals surface area contributed by atoms with Crippen LogP contribution in [0.4, 0.5) is 0 Å². The molecule has 0 unspecified atom stereocenters. The first kappa shape index (κ1) is 15.7. The van der Waals surface area contributed by atoms with Crippen LogP contribution in [0.5, 0.6) is 5.75 Å². The average molecular weight is 307 g/mol. The Morgan fingerprint density at radius 1 is 1.43 bits per heavy atom. The minimum atomic E-state index is -0.715. The summed E-state index contributed by atoms with van der Waals surface area (Å²) in [6.45, 7) is 1.78. The molecular weight excluding hydrogens is 288 g/mol. The van der Waals surface area contributed by atoms with E-state index in [1.807, 2.05) is 6.92 Å². The summed E-state index contributed by atoms with van der Waals surface area (Å²) in [5, 5.41) is 12.8. The molecule has 112 valence electrons. The van der Waals surface area contributed by atoms with Gasteiger partial charge in [0.1, 0.15) is 11.3 Å². The van der Waals surface area contributed by atoms with Crippen LogP contribution in [-0.2, 0) is 4.79 Å². The van der Waals surface area contributed by atoms with Gasteiger partial charge in [0, 0.05) is 5.02 Å². The standard InChI is InChI=1S/C16H19ClN2O2/c1-12-9-13(17)5-6-14(12)21-10-15(20)19-16(11-18)7-3-2-4-8-16/h5-6,9H,2-4,7-8,10H2,1H3,(H,19,20). The number of benzene rings is 1. The van der Waals surface area contributed by atoms with Crippen molar-refractivity contribution in [3.63, 3.8) is 0 Å². The van der Waals surface area contributed by atoms with E-state index in [9.17, 15) is 10.1 Å². The van der Waals surface area contributed by atoms with Crippen LogP contribution in [0.25, 0.3) is 0 Å². The largest absolute Gasteiger partial charge is 0.484 e. The number of amides is 1. The lowest BCUT2D eigenvalue weighted by Gasteiger charge is -2.31. The van der Waals surface area contributed by atoms with Crippen LogP contribution < -0.4 is 10.1 Å². The summed E-state index contributed by atoms with van der Waals surface area (Å²) in [7, 11) is 0. The highest BCUT2D eigenvalue weighted by Gasteiger charge is 2.33. The number of ether oxygens (including phenoxy) is 1. The van der Waals surface area contributed by atoms with Crippen molar-refractivity contribution in [3.05, 3.63) is 28.8 Å². The number of hydrogen-bond donors (Lipinski definition) is 1. The number of hydrogen-bond acceptors (Lipinski definition) is 3. The summed E-state index contributed by atoms with van der Waals surface area (Å²) in [5.41, 5.74) is 0.163. The zero-order valence-electron chi connectivity index (χ0n) is 12.1. The van der Waals surface area contributed by atoms with Crippen LogP contribution in [0.2, 0.25) is 5.02 Å². The van der Waals surface area contributed by atoms with E-state index in [1.165, 1.54) is 0 Å². The van der Waals surface area contributed by atoms with Gasteiger partial charge in [-0.15, -0.1) is 0 Å². The van der Waals surface area contributed by atoms with Gasteiger partial charge in [-0.2, -0.15) is 5.26 Å². The summed E-state index contributed by atoms with van der Waals surface area (Å²) < 4.78 is 5.50. The third kappa shape index (κ3) is 4.12. The second kappa shape index (κ2) is 6.82. The molecule has 1 aromatic carbocycles. The minimum Gasteiger partial charge on any atom is -0.484 e. The smallest absolute Gasteiger partial charge is 0.259 e. The molecule has 1 fully saturated rings. The normalized spacial score (nSPS) is 16.8. The Kier molecular flexibility index (Phi) is 5.08. The van der Waals surface area contributed by atoms with Crippen molar-refractivity contribution in [3.8, 4) is 11.8 Å². The van der Waals surface area contributed by atoms with Crippen LogP contribution in [0.15, 0.2) is 18.2 Å². The van der Waals surface area contributed by atoms with Crippen molar-refractivity contribution in [1.29, 1.82) is 5.26 Å². The van der Waals surface area contributed by atoms with Gasteiger partial charge in [-0.05, 0) is 43.5 Å². The number of aryl methyl sites for hydroxylation is 1. The number of nitrogens with zero attached hydrogens (tertiary/aromatic N) is 1. The summed E-state index contributed by atoms with van der Waals surface area (Å²) >= 11 is 5.87. The molecule has 0 heterocycles. The molecule has 0 atom stereocenters. The lowest BCUT2D eigenvalue weighted by Crippen LogP contribution is -2.50. The van der Waals surface area contributed by atoms with Crippen molar-refractivity contribution in [2.75, 3.05) is 6.61 Å². The molecule has 0 bridgehead atoms. The Hall–Kier alpha value is -1.73. The van der Waals surface area contributed by atoms with E-state index in [1.54, 1.807) is 18.2 Å². The number of nitrogens with one attached hydrogen (secondary N) is 1. The number of carbonyl (C=O) groups excluding carboxylic acids is 1. The van der Waals surface area contributed by atoms with Gasteiger partial charge in [-0.25, -0.2) is 0 Å². The average Bonchev–Trinajstić information content (AvgIpc) is 2.47.